The van der Waals surface area contributed by atoms with Gasteiger partial charge in [0.1, 0.15) is 0 Å². The monoisotopic (exact) mass is 382 g/mol. The largest absolute Gasteiger partial charge is 0.479 e. The number of nitrogens with one attached hydrogen (secondary N) is 1. The number of aliphatic hydroxyl groups excluding tert-OH is 2. The van der Waals surface area contributed by atoms with Crippen LogP contribution in [0.15, 0.2) is 30.3 Å². The fraction of sp³-hybridized carbons (Fsp3) is 0.500. The second kappa shape index (κ2) is 10.6. The molecule has 0 bridgehead atoms. The van der Waals surface area contributed by atoms with Crippen LogP contribution in [-0.2, 0) is 14.4 Å². The van der Waals surface area contributed by atoms with E-state index in [4.69, 9.17) is 20.4 Å². The van der Waals surface area contributed by atoms with Crippen LogP contribution in [0.25, 0.3) is 0 Å². The number of rotatable bonds is 6. The molecule has 0 saturated carbocycles. The first kappa shape index (κ1) is 22.6. The molecule has 1 aliphatic heterocycles. The Morgan fingerprint density at radius 2 is 1.59 bits per heavy atom. The highest BCUT2D eigenvalue weighted by Gasteiger charge is 2.29. The zero-order chi connectivity index (χ0) is 20.6. The molecule has 0 spiro atoms. The zero-order valence-electron chi connectivity index (χ0n) is 15.3. The molecular formula is C18H26N2O7. The van der Waals surface area contributed by atoms with E-state index in [0.29, 0.717) is 0 Å². The van der Waals surface area contributed by atoms with Crippen molar-refractivity contribution >= 4 is 17.8 Å². The summed E-state index contributed by atoms with van der Waals surface area (Å²) in [4.78, 5) is 33.8. The molecule has 1 saturated heterocycles. The van der Waals surface area contributed by atoms with E-state index in [1.165, 1.54) is 0 Å². The van der Waals surface area contributed by atoms with Gasteiger partial charge in [-0.1, -0.05) is 30.3 Å². The number of likely N-dealkylation sites (tertiary alicyclic amines) is 1. The number of carboxylic acid groups (broad SMARTS) is 2. The number of hydrogen-bond donors (Lipinski definition) is 5. The molecule has 27 heavy (non-hydrogen) atoms. The first-order chi connectivity index (χ1) is 12.6. The van der Waals surface area contributed by atoms with Gasteiger partial charge >= 0.3 is 11.9 Å². The van der Waals surface area contributed by atoms with Crippen molar-refractivity contribution in [3.05, 3.63) is 35.9 Å². The summed E-state index contributed by atoms with van der Waals surface area (Å²) in [6.45, 7) is 3.06. The number of amides is 1. The van der Waals surface area contributed by atoms with Gasteiger partial charge in [0.25, 0.3) is 0 Å². The molecule has 1 fully saturated rings. The van der Waals surface area contributed by atoms with E-state index in [1.807, 2.05) is 44.3 Å². The Kier molecular flexibility index (Phi) is 8.86. The molecule has 150 valence electrons. The van der Waals surface area contributed by atoms with Gasteiger partial charge in [0.2, 0.25) is 5.91 Å². The Balaban J connectivity index is 0.000000314. The average Bonchev–Trinajstić information content (AvgIpc) is 3.07. The van der Waals surface area contributed by atoms with Crippen LogP contribution in [0.5, 0.6) is 0 Å². The first-order valence-electron chi connectivity index (χ1n) is 8.52. The maximum atomic E-state index is 12.1. The van der Waals surface area contributed by atoms with Crippen molar-refractivity contribution in [2.75, 3.05) is 13.6 Å². The summed E-state index contributed by atoms with van der Waals surface area (Å²) >= 11 is 0. The third kappa shape index (κ3) is 6.97. The number of carbonyl (C=O) groups is 3. The lowest BCUT2D eigenvalue weighted by molar-refractivity contribution is -0.165. The molecule has 0 aliphatic carbocycles. The molecule has 4 atom stereocenters. The van der Waals surface area contributed by atoms with E-state index in [-0.39, 0.29) is 18.0 Å². The highest BCUT2D eigenvalue weighted by atomic mass is 16.4. The van der Waals surface area contributed by atoms with Gasteiger partial charge in [-0.3, -0.25) is 9.69 Å². The summed E-state index contributed by atoms with van der Waals surface area (Å²) in [6.07, 6.45) is -2.44. The SMILES string of the molecule is C[C@@H](NC(=O)[C@@H]1CCCN1C)c1ccccc1.O=C(O)C(O)C(O)C(=O)O. The van der Waals surface area contributed by atoms with Gasteiger partial charge in [0, 0.05) is 0 Å². The van der Waals surface area contributed by atoms with Crippen LogP contribution in [0.4, 0.5) is 0 Å². The number of aliphatic hydroxyl groups is 2. The molecular weight excluding hydrogens is 356 g/mol. The standard InChI is InChI=1S/C14H20N2O.C4H6O6/c1-11(12-7-4-3-5-8-12)15-14(17)13-9-6-10-16(13)2;5-1(3(7)8)2(6)4(9)10/h3-5,7-8,11,13H,6,9-10H2,1-2H3,(H,15,17);1-2,5-6H,(H,7,8)(H,9,10)/t11-,13+;/m1./s1. The summed E-state index contributed by atoms with van der Waals surface area (Å²) < 4.78 is 0. The van der Waals surface area contributed by atoms with Crippen molar-refractivity contribution in [1.29, 1.82) is 0 Å². The van der Waals surface area contributed by atoms with Crippen molar-refractivity contribution < 1.29 is 34.8 Å². The van der Waals surface area contributed by atoms with Crippen molar-refractivity contribution in [3.8, 4) is 0 Å². The average molecular weight is 382 g/mol. The van der Waals surface area contributed by atoms with Crippen LogP contribution < -0.4 is 5.32 Å². The minimum Gasteiger partial charge on any atom is -0.479 e. The first-order valence-corrected chi connectivity index (χ1v) is 8.52. The van der Waals surface area contributed by atoms with Crippen LogP contribution >= 0.6 is 0 Å². The Morgan fingerprint density at radius 1 is 1.07 bits per heavy atom. The second-order valence-electron chi connectivity index (χ2n) is 6.35. The molecule has 0 radical (unpaired) electrons. The Labute approximate surface area is 157 Å². The molecule has 1 aromatic carbocycles. The lowest BCUT2D eigenvalue weighted by Crippen LogP contribution is -2.42. The molecule has 2 rings (SSSR count). The number of benzene rings is 1. The molecule has 1 aromatic rings. The van der Waals surface area contributed by atoms with Crippen LogP contribution in [0.2, 0.25) is 0 Å². The minimum absolute atomic E-state index is 0.0566. The molecule has 2 unspecified atom stereocenters. The summed E-state index contributed by atoms with van der Waals surface area (Å²) in [7, 11) is 2.02. The van der Waals surface area contributed by atoms with Gasteiger partial charge in [-0.2, -0.15) is 0 Å². The van der Waals surface area contributed by atoms with Gasteiger partial charge in [0.15, 0.2) is 12.2 Å². The second-order valence-corrected chi connectivity index (χ2v) is 6.35. The van der Waals surface area contributed by atoms with Gasteiger partial charge in [-0.25, -0.2) is 9.59 Å². The van der Waals surface area contributed by atoms with Crippen molar-refractivity contribution in [1.82, 2.24) is 10.2 Å². The van der Waals surface area contributed by atoms with E-state index in [0.717, 1.165) is 24.9 Å². The third-order valence-corrected chi connectivity index (χ3v) is 4.29. The number of carboxylic acids is 2. The van der Waals surface area contributed by atoms with Gasteiger partial charge < -0.3 is 25.7 Å². The normalized spacial score (nSPS) is 19.9. The van der Waals surface area contributed by atoms with Crippen molar-refractivity contribution in [2.24, 2.45) is 0 Å². The Morgan fingerprint density at radius 3 is 2.00 bits per heavy atom. The highest BCUT2D eigenvalue weighted by molar-refractivity contribution is 5.83. The predicted octanol–water partition coefficient (Wildman–Crippen LogP) is -0.165. The molecule has 5 N–H and O–H groups in total. The number of hydrogen-bond acceptors (Lipinski definition) is 6. The van der Waals surface area contributed by atoms with Crippen LogP contribution in [0.3, 0.4) is 0 Å². The van der Waals surface area contributed by atoms with Gasteiger partial charge in [-0.15, -0.1) is 0 Å². The molecule has 1 amide bonds. The molecule has 9 nitrogen and oxygen atoms in total. The smallest absolute Gasteiger partial charge is 0.335 e. The number of carbonyl (C=O) groups excluding carboxylic acids is 1. The quantitative estimate of drug-likeness (QED) is 0.456. The fourth-order valence-corrected chi connectivity index (χ4v) is 2.65. The van der Waals surface area contributed by atoms with Gasteiger partial charge in [0.05, 0.1) is 12.1 Å². The van der Waals surface area contributed by atoms with E-state index in [2.05, 4.69) is 10.2 Å². The summed E-state index contributed by atoms with van der Waals surface area (Å²) in [5, 5.41) is 35.6. The molecule has 1 heterocycles. The molecule has 9 heteroatoms. The lowest BCUT2D eigenvalue weighted by Gasteiger charge is -2.22. The van der Waals surface area contributed by atoms with Crippen molar-refractivity contribution in [2.45, 2.75) is 44.1 Å². The fourth-order valence-electron chi connectivity index (χ4n) is 2.65. The van der Waals surface area contributed by atoms with Crippen LogP contribution in [-0.4, -0.2) is 75.0 Å². The number of nitrogens with zero attached hydrogens (tertiary/aromatic N) is 1. The number of aliphatic carboxylic acids is 2. The zero-order valence-corrected chi connectivity index (χ0v) is 15.3. The predicted molar refractivity (Wildman–Crippen MR) is 95.9 cm³/mol. The van der Waals surface area contributed by atoms with E-state index >= 15 is 0 Å². The topological polar surface area (TPSA) is 147 Å². The Hall–Kier alpha value is -2.49. The van der Waals surface area contributed by atoms with E-state index in [1.54, 1.807) is 0 Å². The summed E-state index contributed by atoms with van der Waals surface area (Å²) in [6, 6.07) is 10.2. The van der Waals surface area contributed by atoms with E-state index < -0.39 is 24.1 Å². The third-order valence-electron chi connectivity index (χ3n) is 4.29. The van der Waals surface area contributed by atoms with Crippen molar-refractivity contribution in [3.63, 3.8) is 0 Å². The maximum Gasteiger partial charge on any atom is 0.335 e. The van der Waals surface area contributed by atoms with E-state index in [9.17, 15) is 14.4 Å². The van der Waals surface area contributed by atoms with Crippen LogP contribution in [0, 0.1) is 0 Å². The van der Waals surface area contributed by atoms with Gasteiger partial charge in [-0.05, 0) is 38.9 Å². The highest BCUT2D eigenvalue weighted by Crippen LogP contribution is 2.17. The summed E-state index contributed by atoms with van der Waals surface area (Å²) in [5.74, 6) is -3.38. The maximum absolute atomic E-state index is 12.1. The molecule has 1 aliphatic rings. The number of likely N-dealkylation sites (N-methyl/N-ethyl adjacent to an activating group) is 1. The minimum atomic E-state index is -2.27. The Bertz CT molecular complexity index is 620. The molecule has 0 aromatic heterocycles. The lowest BCUT2D eigenvalue weighted by atomic mass is 10.1. The van der Waals surface area contributed by atoms with Crippen LogP contribution in [0.1, 0.15) is 31.4 Å². The summed E-state index contributed by atoms with van der Waals surface area (Å²) in [5.41, 5.74) is 1.15.